The van der Waals surface area contributed by atoms with Gasteiger partial charge in [0, 0.05) is 17.1 Å². The van der Waals surface area contributed by atoms with E-state index < -0.39 is 15.9 Å². The van der Waals surface area contributed by atoms with Gasteiger partial charge in [-0.2, -0.15) is 0 Å². The van der Waals surface area contributed by atoms with E-state index in [-0.39, 0.29) is 5.11 Å². The average molecular weight is 479 g/mol. The van der Waals surface area contributed by atoms with Crippen molar-refractivity contribution in [3.8, 4) is 0 Å². The molecule has 0 aliphatic heterocycles. The van der Waals surface area contributed by atoms with Crippen LogP contribution in [0.1, 0.15) is 5.56 Å². The van der Waals surface area contributed by atoms with Gasteiger partial charge in [0.1, 0.15) is 6.17 Å². The van der Waals surface area contributed by atoms with Crippen molar-refractivity contribution in [1.29, 1.82) is 0 Å². The lowest BCUT2D eigenvalue weighted by Crippen LogP contribution is -2.55. The van der Waals surface area contributed by atoms with Gasteiger partial charge in [0.25, 0.3) is 0 Å². The summed E-state index contributed by atoms with van der Waals surface area (Å²) in [5, 5.41) is 10.8. The van der Waals surface area contributed by atoms with Crippen molar-refractivity contribution in [2.45, 2.75) is 9.96 Å². The summed E-state index contributed by atoms with van der Waals surface area (Å²) >= 11 is 23.5. The fourth-order valence-corrected chi connectivity index (χ4v) is 3.31. The van der Waals surface area contributed by atoms with Gasteiger partial charge in [-0.15, -0.1) is 0 Å². The third-order valence-corrected chi connectivity index (χ3v) is 5.03. The normalized spacial score (nSPS) is 12.5. The van der Waals surface area contributed by atoms with Crippen LogP contribution in [0.2, 0.25) is 0 Å². The van der Waals surface area contributed by atoms with Crippen LogP contribution in [0.4, 0.5) is 5.69 Å². The second-order valence-corrected chi connectivity index (χ2v) is 9.13. The maximum atomic E-state index is 12.3. The maximum absolute atomic E-state index is 12.3. The molecule has 154 valence electrons. The largest absolute Gasteiger partial charge is 0.339 e. The van der Waals surface area contributed by atoms with Gasteiger partial charge in [-0.1, -0.05) is 102 Å². The van der Waals surface area contributed by atoms with E-state index in [1.54, 1.807) is 6.08 Å². The second kappa shape index (κ2) is 10.1. The number of carbonyl (C=O) groups excluding carboxylic acids is 1. The Kier molecular flexibility index (Phi) is 7.56. The molecule has 0 saturated heterocycles. The van der Waals surface area contributed by atoms with E-state index in [1.807, 2.05) is 72.8 Å². The number of thiocarbonyl (C=S) groups is 1. The monoisotopic (exact) mass is 477 g/mol. The van der Waals surface area contributed by atoms with Crippen LogP contribution in [0.15, 0.2) is 78.9 Å². The molecule has 0 bridgehead atoms. The number of rotatable bonds is 5. The predicted octanol–water partition coefficient (Wildman–Crippen LogP) is 5.65. The number of carbonyl (C=O) groups is 1. The number of hydrogen-bond donors (Lipinski definition) is 3. The van der Waals surface area contributed by atoms with Gasteiger partial charge in [-0.05, 0) is 35.3 Å². The number of nitrogens with one attached hydrogen (secondary N) is 3. The summed E-state index contributed by atoms with van der Waals surface area (Å²) in [5.74, 6) is -0.435. The van der Waals surface area contributed by atoms with Gasteiger partial charge in [0.2, 0.25) is 9.70 Å². The Morgan fingerprint density at radius 3 is 2.30 bits per heavy atom. The molecule has 1 unspecified atom stereocenters. The van der Waals surface area contributed by atoms with Crippen LogP contribution in [0, 0.1) is 0 Å². The minimum Gasteiger partial charge on any atom is -0.339 e. The molecule has 8 heteroatoms. The summed E-state index contributed by atoms with van der Waals surface area (Å²) in [6.07, 6.45) is 1.98. The van der Waals surface area contributed by atoms with Gasteiger partial charge in [-0.25, -0.2) is 0 Å². The van der Waals surface area contributed by atoms with Crippen LogP contribution in [0.3, 0.4) is 0 Å². The SMILES string of the molecule is O=C(C=Cc1ccccc1)NC(NC(=S)Nc1cccc2ccccc12)C(Cl)(Cl)Cl. The van der Waals surface area contributed by atoms with Crippen LogP contribution >= 0.6 is 47.0 Å². The van der Waals surface area contributed by atoms with E-state index in [0.29, 0.717) is 0 Å². The number of anilines is 1. The molecule has 3 aromatic rings. The zero-order valence-electron chi connectivity index (χ0n) is 15.6. The molecule has 0 saturated carbocycles. The van der Waals surface area contributed by atoms with Crippen molar-refractivity contribution in [3.63, 3.8) is 0 Å². The second-order valence-electron chi connectivity index (χ2n) is 6.35. The number of fused-ring (bicyclic) bond motifs is 1. The first kappa shape index (κ1) is 22.4. The van der Waals surface area contributed by atoms with Crippen molar-refractivity contribution in [3.05, 3.63) is 84.4 Å². The van der Waals surface area contributed by atoms with Crippen LogP contribution < -0.4 is 16.0 Å². The van der Waals surface area contributed by atoms with E-state index in [1.165, 1.54) is 6.08 Å². The molecular weight excluding hydrogens is 461 g/mol. The van der Waals surface area contributed by atoms with Crippen LogP contribution in [-0.2, 0) is 4.79 Å². The Hall–Kier alpha value is -2.31. The highest BCUT2D eigenvalue weighted by Gasteiger charge is 2.34. The van der Waals surface area contributed by atoms with E-state index in [2.05, 4.69) is 16.0 Å². The third kappa shape index (κ3) is 6.34. The first-order valence-electron chi connectivity index (χ1n) is 8.98. The Bertz CT molecular complexity index is 1060. The van der Waals surface area contributed by atoms with Gasteiger partial charge < -0.3 is 16.0 Å². The van der Waals surface area contributed by atoms with Crippen LogP contribution in [0.5, 0.6) is 0 Å². The lowest BCUT2D eigenvalue weighted by Gasteiger charge is -2.27. The lowest BCUT2D eigenvalue weighted by molar-refractivity contribution is -0.117. The quantitative estimate of drug-likeness (QED) is 0.192. The Morgan fingerprint density at radius 2 is 1.57 bits per heavy atom. The fourth-order valence-electron chi connectivity index (χ4n) is 2.75. The molecule has 0 spiro atoms. The highest BCUT2D eigenvalue weighted by Crippen LogP contribution is 2.29. The molecule has 1 atom stereocenters. The number of amides is 1. The Morgan fingerprint density at radius 1 is 0.900 bits per heavy atom. The summed E-state index contributed by atoms with van der Waals surface area (Å²) in [4.78, 5) is 12.3. The first-order chi connectivity index (χ1) is 14.3. The van der Waals surface area contributed by atoms with Gasteiger partial charge in [0.05, 0.1) is 0 Å². The van der Waals surface area contributed by atoms with Crippen LogP contribution in [-0.4, -0.2) is 21.0 Å². The Labute approximate surface area is 195 Å². The van der Waals surface area contributed by atoms with E-state index in [0.717, 1.165) is 22.0 Å². The molecular formula is C22H18Cl3N3OS. The molecule has 4 nitrogen and oxygen atoms in total. The Balaban J connectivity index is 1.68. The smallest absolute Gasteiger partial charge is 0.245 e. The van der Waals surface area contributed by atoms with E-state index >= 15 is 0 Å². The molecule has 1 amide bonds. The molecule has 0 fully saturated rings. The molecule has 0 aliphatic carbocycles. The standard InChI is InChI=1S/C22H18Cl3N3OS/c23-22(24,25)20(27-19(29)14-13-15-7-2-1-3-8-15)28-21(30)26-18-12-6-10-16-9-4-5-11-17(16)18/h1-14,20H,(H,27,29)(H2,26,28,30). The third-order valence-electron chi connectivity index (χ3n) is 4.15. The molecule has 30 heavy (non-hydrogen) atoms. The van der Waals surface area contributed by atoms with Crippen molar-refractivity contribution >= 4 is 80.6 Å². The van der Waals surface area contributed by atoms with Gasteiger partial charge in [0.15, 0.2) is 5.11 Å². The highest BCUT2D eigenvalue weighted by molar-refractivity contribution is 7.80. The van der Waals surface area contributed by atoms with Crippen molar-refractivity contribution in [2.24, 2.45) is 0 Å². The fraction of sp³-hybridized carbons (Fsp3) is 0.0909. The number of benzene rings is 3. The molecule has 3 rings (SSSR count). The van der Waals surface area contributed by atoms with Crippen LogP contribution in [0.25, 0.3) is 16.8 Å². The number of hydrogen-bond acceptors (Lipinski definition) is 2. The molecule has 0 heterocycles. The number of alkyl halides is 3. The zero-order valence-corrected chi connectivity index (χ0v) is 18.7. The maximum Gasteiger partial charge on any atom is 0.245 e. The van der Waals surface area contributed by atoms with Crippen molar-refractivity contribution < 1.29 is 4.79 Å². The lowest BCUT2D eigenvalue weighted by atomic mass is 10.1. The number of halogens is 3. The summed E-state index contributed by atoms with van der Waals surface area (Å²) in [6, 6.07) is 23.1. The van der Waals surface area contributed by atoms with E-state index in [9.17, 15) is 4.79 Å². The topological polar surface area (TPSA) is 53.2 Å². The van der Waals surface area contributed by atoms with Gasteiger partial charge >= 0.3 is 0 Å². The first-order valence-corrected chi connectivity index (χ1v) is 10.5. The molecule has 3 aromatic carbocycles. The summed E-state index contributed by atoms with van der Waals surface area (Å²) in [7, 11) is 0. The van der Waals surface area contributed by atoms with Gasteiger partial charge in [-0.3, -0.25) is 4.79 Å². The minimum atomic E-state index is -1.83. The van der Waals surface area contributed by atoms with Crippen molar-refractivity contribution in [1.82, 2.24) is 10.6 Å². The molecule has 0 radical (unpaired) electrons. The average Bonchev–Trinajstić information content (AvgIpc) is 2.72. The van der Waals surface area contributed by atoms with E-state index in [4.69, 9.17) is 47.0 Å². The predicted molar refractivity (Wildman–Crippen MR) is 131 cm³/mol. The highest BCUT2D eigenvalue weighted by atomic mass is 35.6. The molecule has 0 aromatic heterocycles. The summed E-state index contributed by atoms with van der Waals surface area (Å²) in [6.45, 7) is 0. The van der Waals surface area contributed by atoms with Crippen molar-refractivity contribution in [2.75, 3.05) is 5.32 Å². The summed E-state index contributed by atoms with van der Waals surface area (Å²) < 4.78 is -1.83. The molecule has 3 N–H and O–H groups in total. The zero-order chi connectivity index (χ0) is 21.6. The minimum absolute atomic E-state index is 0.204. The molecule has 0 aliphatic rings. The summed E-state index contributed by atoms with van der Waals surface area (Å²) in [5.41, 5.74) is 1.67.